The van der Waals surface area contributed by atoms with Gasteiger partial charge in [-0.3, -0.25) is 0 Å². The Morgan fingerprint density at radius 1 is 1.08 bits per heavy atom. The number of anilines is 1. The van der Waals surface area contributed by atoms with Crippen LogP contribution in [0, 0.1) is 11.6 Å². The summed E-state index contributed by atoms with van der Waals surface area (Å²) in [6.45, 7) is 2.15. The molecule has 2 aromatic carbocycles. The molecule has 4 heterocycles. The highest BCUT2D eigenvalue weighted by atomic mass is 32.1. The number of thiophene rings is 1. The Hall–Kier alpha value is -3.69. The number of carbonyl (C=O) groups excluding carboxylic acids is 1. The van der Waals surface area contributed by atoms with Crippen LogP contribution in [-0.2, 0) is 19.5 Å². The topological polar surface area (TPSA) is 49.7 Å². The van der Waals surface area contributed by atoms with Gasteiger partial charge < -0.3 is 24.4 Å². The van der Waals surface area contributed by atoms with Gasteiger partial charge in [0, 0.05) is 35.8 Å². The number of ether oxygens (including phenoxy) is 1. The number of carbonyl (C=O) groups is 1. The first-order chi connectivity index (χ1) is 17.9. The zero-order valence-corrected chi connectivity index (χ0v) is 21.3. The monoisotopic (exact) mass is 520 g/mol. The van der Waals surface area contributed by atoms with Crippen LogP contribution in [0.2, 0.25) is 0 Å². The summed E-state index contributed by atoms with van der Waals surface area (Å²) in [4.78, 5) is 19.2. The minimum Gasteiger partial charge on any atom is -0.497 e. The van der Waals surface area contributed by atoms with Crippen molar-refractivity contribution >= 4 is 23.1 Å². The normalized spacial score (nSPS) is 17.0. The molecule has 0 aliphatic carbocycles. The molecule has 1 atom stereocenters. The first kappa shape index (κ1) is 23.7. The van der Waals surface area contributed by atoms with Crippen LogP contribution < -0.4 is 10.1 Å². The van der Waals surface area contributed by atoms with Crippen molar-refractivity contribution in [1.82, 2.24) is 14.4 Å². The maximum atomic E-state index is 14.5. The van der Waals surface area contributed by atoms with Gasteiger partial charge in [0.2, 0.25) is 0 Å². The Labute approximate surface area is 217 Å². The summed E-state index contributed by atoms with van der Waals surface area (Å²) in [5, 5.41) is 3.74. The number of benzene rings is 2. The molecule has 6 rings (SSSR count). The second-order valence-electron chi connectivity index (χ2n) is 9.44. The molecular weight excluding hydrogens is 494 g/mol. The van der Waals surface area contributed by atoms with E-state index in [1.165, 1.54) is 10.4 Å². The van der Waals surface area contributed by atoms with Crippen LogP contribution in [-0.4, -0.2) is 41.1 Å². The van der Waals surface area contributed by atoms with Crippen molar-refractivity contribution in [3.8, 4) is 10.8 Å². The van der Waals surface area contributed by atoms with Gasteiger partial charge in [-0.1, -0.05) is 12.1 Å². The molecule has 1 N–H and O–H groups in total. The third-order valence-electron chi connectivity index (χ3n) is 7.12. The fraction of sp³-hybridized carbons (Fsp3) is 0.250. The van der Waals surface area contributed by atoms with E-state index in [2.05, 4.69) is 21.8 Å². The third kappa shape index (κ3) is 4.18. The smallest absolute Gasteiger partial charge is 0.323 e. The summed E-state index contributed by atoms with van der Waals surface area (Å²) in [5.74, 6) is -0.597. The van der Waals surface area contributed by atoms with Crippen molar-refractivity contribution < 1.29 is 18.3 Å². The van der Waals surface area contributed by atoms with Crippen molar-refractivity contribution in [2.45, 2.75) is 25.6 Å². The summed E-state index contributed by atoms with van der Waals surface area (Å²) in [5.41, 5.74) is 4.01. The maximum Gasteiger partial charge on any atom is 0.323 e. The van der Waals surface area contributed by atoms with E-state index in [1.807, 2.05) is 42.6 Å². The Bertz CT molecular complexity index is 1480. The van der Waals surface area contributed by atoms with Crippen molar-refractivity contribution in [2.75, 3.05) is 26.0 Å². The molecule has 2 aliphatic rings. The molecule has 6 nitrogen and oxygen atoms in total. The van der Waals surface area contributed by atoms with Crippen LogP contribution in [0.1, 0.15) is 33.3 Å². The Balaban J connectivity index is 1.49. The third-order valence-corrected chi connectivity index (χ3v) is 8.38. The predicted molar refractivity (Wildman–Crippen MR) is 139 cm³/mol. The molecule has 0 radical (unpaired) electrons. The summed E-state index contributed by atoms with van der Waals surface area (Å²) in [6.07, 6.45) is 2.93. The Kier molecular flexibility index (Phi) is 5.97. The van der Waals surface area contributed by atoms with Crippen LogP contribution >= 0.6 is 11.3 Å². The van der Waals surface area contributed by atoms with E-state index >= 15 is 0 Å². The van der Waals surface area contributed by atoms with Gasteiger partial charge in [0.1, 0.15) is 22.4 Å². The highest BCUT2D eigenvalue weighted by Gasteiger charge is 2.36. The van der Waals surface area contributed by atoms with E-state index in [0.717, 1.165) is 59.5 Å². The molecule has 0 fully saturated rings. The quantitative estimate of drug-likeness (QED) is 0.363. The van der Waals surface area contributed by atoms with Crippen molar-refractivity contribution in [1.29, 1.82) is 0 Å². The molecular formula is C28H26F2N4O2S. The van der Waals surface area contributed by atoms with Gasteiger partial charge in [0.25, 0.3) is 0 Å². The molecule has 9 heteroatoms. The van der Waals surface area contributed by atoms with E-state index in [0.29, 0.717) is 12.3 Å². The first-order valence-corrected chi connectivity index (χ1v) is 12.9. The molecule has 0 saturated heterocycles. The van der Waals surface area contributed by atoms with Gasteiger partial charge in [0.15, 0.2) is 0 Å². The number of hydrogen-bond donors (Lipinski definition) is 1. The number of nitrogens with one attached hydrogen (secondary N) is 1. The number of nitrogens with zero attached hydrogens (tertiary/aromatic N) is 3. The second-order valence-corrected chi connectivity index (χ2v) is 10.5. The SMILES string of the molecule is COc1ccc([C@@H]2c3cccn3-c3sc4c(c3CN2C(=O)Nc2cc(F)ccc2F)CCN(C)C4)cc1. The number of aromatic nitrogens is 1. The fourth-order valence-electron chi connectivity index (χ4n) is 5.27. The van der Waals surface area contributed by atoms with Crippen LogP contribution in [0.25, 0.3) is 5.00 Å². The Morgan fingerprint density at radius 3 is 2.68 bits per heavy atom. The van der Waals surface area contributed by atoms with E-state index in [-0.39, 0.29) is 5.69 Å². The number of fused-ring (bicyclic) bond motifs is 5. The van der Waals surface area contributed by atoms with E-state index < -0.39 is 23.7 Å². The van der Waals surface area contributed by atoms with E-state index in [1.54, 1.807) is 23.3 Å². The number of hydrogen-bond acceptors (Lipinski definition) is 4. The van der Waals surface area contributed by atoms with Gasteiger partial charge in [-0.15, -0.1) is 11.3 Å². The average molecular weight is 521 g/mol. The number of likely N-dealkylation sites (N-methyl/N-ethyl adjacent to an activating group) is 1. The molecule has 37 heavy (non-hydrogen) atoms. The van der Waals surface area contributed by atoms with Crippen LogP contribution in [0.15, 0.2) is 60.8 Å². The second kappa shape index (κ2) is 9.32. The van der Waals surface area contributed by atoms with Crippen molar-refractivity contribution in [3.05, 3.63) is 99.7 Å². The lowest BCUT2D eigenvalue weighted by Crippen LogP contribution is -2.38. The molecule has 190 valence electrons. The van der Waals surface area contributed by atoms with E-state index in [4.69, 9.17) is 4.74 Å². The molecule has 0 bridgehead atoms. The van der Waals surface area contributed by atoms with Gasteiger partial charge in [-0.25, -0.2) is 13.6 Å². The fourth-order valence-corrected chi connectivity index (χ4v) is 6.71. The van der Waals surface area contributed by atoms with E-state index in [9.17, 15) is 13.6 Å². The molecule has 4 aromatic rings. The zero-order valence-electron chi connectivity index (χ0n) is 20.5. The molecule has 2 aliphatic heterocycles. The van der Waals surface area contributed by atoms with Crippen LogP contribution in [0.3, 0.4) is 0 Å². The molecule has 2 aromatic heterocycles. The lowest BCUT2D eigenvalue weighted by Gasteiger charge is -2.32. The zero-order chi connectivity index (χ0) is 25.7. The molecule has 0 spiro atoms. The lowest BCUT2D eigenvalue weighted by atomic mass is 10.00. The Morgan fingerprint density at radius 2 is 1.89 bits per heavy atom. The summed E-state index contributed by atoms with van der Waals surface area (Å²) in [7, 11) is 3.72. The highest BCUT2D eigenvalue weighted by molar-refractivity contribution is 7.15. The number of rotatable bonds is 3. The number of urea groups is 1. The average Bonchev–Trinajstić information content (AvgIpc) is 3.47. The summed E-state index contributed by atoms with van der Waals surface area (Å²) >= 11 is 1.76. The number of halogens is 2. The standard InChI is InChI=1S/C28H26F2N4O2S/c1-32-13-11-20-21-15-34(28(35)31-23-14-18(29)7-10-22(23)30)26(17-5-8-19(36-2)9-6-17)24-4-3-12-33(24)27(21)37-25(20)16-32/h3-10,12,14,26H,11,13,15-16H2,1-2H3,(H,31,35)/t26-/m1/s1. The van der Waals surface area contributed by atoms with Crippen molar-refractivity contribution in [3.63, 3.8) is 0 Å². The molecule has 0 unspecified atom stereocenters. The molecule has 0 saturated carbocycles. The minimum atomic E-state index is -0.689. The van der Waals surface area contributed by atoms with Gasteiger partial charge in [-0.05, 0) is 61.0 Å². The summed E-state index contributed by atoms with van der Waals surface area (Å²) < 4.78 is 35.9. The first-order valence-electron chi connectivity index (χ1n) is 12.1. The van der Waals surface area contributed by atoms with Gasteiger partial charge >= 0.3 is 6.03 Å². The van der Waals surface area contributed by atoms with Crippen molar-refractivity contribution in [2.24, 2.45) is 0 Å². The van der Waals surface area contributed by atoms with Crippen LogP contribution in [0.4, 0.5) is 19.3 Å². The maximum absolute atomic E-state index is 14.5. The predicted octanol–water partition coefficient (Wildman–Crippen LogP) is 5.95. The van der Waals surface area contributed by atoms with Gasteiger partial charge in [-0.2, -0.15) is 0 Å². The van der Waals surface area contributed by atoms with Gasteiger partial charge in [0.05, 0.1) is 31.1 Å². The largest absolute Gasteiger partial charge is 0.497 e. The van der Waals surface area contributed by atoms with Crippen LogP contribution in [0.5, 0.6) is 5.75 Å². The summed E-state index contributed by atoms with van der Waals surface area (Å²) in [6, 6.07) is 13.7. The highest BCUT2D eigenvalue weighted by Crippen LogP contribution is 2.43. The number of amides is 2. The minimum absolute atomic E-state index is 0.188. The number of methoxy groups -OCH3 is 1. The molecule has 2 amide bonds. The lowest BCUT2D eigenvalue weighted by molar-refractivity contribution is 0.194.